The summed E-state index contributed by atoms with van der Waals surface area (Å²) in [7, 11) is 0. The number of hydrogen-bond acceptors (Lipinski definition) is 2. The maximum Gasteiger partial charge on any atom is 0.0692 e. The fourth-order valence-electron chi connectivity index (χ4n) is 1.78. The van der Waals surface area contributed by atoms with Crippen molar-refractivity contribution in [1.29, 1.82) is 0 Å². The highest BCUT2D eigenvalue weighted by Crippen LogP contribution is 2.26. The van der Waals surface area contributed by atoms with Gasteiger partial charge in [0.1, 0.15) is 0 Å². The summed E-state index contributed by atoms with van der Waals surface area (Å²) >= 11 is 6.96. The molecule has 0 aliphatic rings. The summed E-state index contributed by atoms with van der Waals surface area (Å²) in [6, 6.07) is 6.29. The molecule has 98 valence electrons. The largest absolute Gasteiger partial charge is 0.329 e. The summed E-state index contributed by atoms with van der Waals surface area (Å²) in [6.07, 6.45) is 7.55. The maximum absolute atomic E-state index is 5.83. The van der Waals surface area contributed by atoms with Crippen molar-refractivity contribution in [3.8, 4) is 12.3 Å². The predicted octanol–water partition coefficient (Wildman–Crippen LogP) is 3.60. The van der Waals surface area contributed by atoms with Gasteiger partial charge in [-0.1, -0.05) is 25.3 Å². The quantitative estimate of drug-likeness (QED) is 0.747. The van der Waals surface area contributed by atoms with Gasteiger partial charge in [-0.15, -0.1) is 6.42 Å². The Kier molecular flexibility index (Phi) is 6.95. The third-order valence-electron chi connectivity index (χ3n) is 2.76. The van der Waals surface area contributed by atoms with Crippen LogP contribution in [0.1, 0.15) is 31.4 Å². The molecule has 0 aromatic heterocycles. The normalized spacial score (nSPS) is 13.9. The summed E-state index contributed by atoms with van der Waals surface area (Å²) in [5, 5.41) is 3.42. The molecule has 2 nitrogen and oxygen atoms in total. The summed E-state index contributed by atoms with van der Waals surface area (Å²) in [6.45, 7) is 2.65. The third kappa shape index (κ3) is 4.40. The first kappa shape index (κ1) is 15.7. The van der Waals surface area contributed by atoms with Gasteiger partial charge in [0.05, 0.1) is 6.04 Å². The van der Waals surface area contributed by atoms with Crippen molar-refractivity contribution in [1.82, 2.24) is 5.32 Å². The summed E-state index contributed by atoms with van der Waals surface area (Å²) < 4.78 is 2.05. The van der Waals surface area contributed by atoms with E-state index in [4.69, 9.17) is 12.2 Å². The van der Waals surface area contributed by atoms with Crippen molar-refractivity contribution in [2.45, 2.75) is 31.8 Å². The van der Waals surface area contributed by atoms with Crippen LogP contribution in [0.5, 0.6) is 0 Å². The second kappa shape index (κ2) is 7.96. The zero-order chi connectivity index (χ0) is 13.5. The van der Waals surface area contributed by atoms with E-state index in [9.17, 15) is 0 Å². The van der Waals surface area contributed by atoms with Crippen LogP contribution in [-0.2, 0) is 0 Å². The van der Waals surface area contributed by atoms with Gasteiger partial charge in [0.25, 0.3) is 0 Å². The van der Waals surface area contributed by atoms with Crippen molar-refractivity contribution in [3.63, 3.8) is 0 Å². The molecule has 0 radical (unpaired) electrons. The molecule has 2 atom stereocenters. The van der Waals surface area contributed by atoms with Crippen LogP contribution >= 0.6 is 31.9 Å². The standard InChI is InChI=1S/C14H18Br2N2/c1-3-5-11(4-2)18-14(9-17)10-6-7-12(15)13(16)8-10/h2,6-8,11,14,18H,3,5,9,17H2,1H3. The first-order valence-corrected chi connectivity index (χ1v) is 7.58. The number of terminal acetylenes is 1. The molecule has 0 aliphatic carbocycles. The predicted molar refractivity (Wildman–Crippen MR) is 84.3 cm³/mol. The molecule has 18 heavy (non-hydrogen) atoms. The Hall–Kier alpha value is -0.340. The van der Waals surface area contributed by atoms with Crippen molar-refractivity contribution < 1.29 is 0 Å². The van der Waals surface area contributed by atoms with Gasteiger partial charge < -0.3 is 5.73 Å². The van der Waals surface area contributed by atoms with Gasteiger partial charge >= 0.3 is 0 Å². The minimum absolute atomic E-state index is 0.0750. The topological polar surface area (TPSA) is 38.0 Å². The van der Waals surface area contributed by atoms with E-state index < -0.39 is 0 Å². The number of hydrogen-bond donors (Lipinski definition) is 2. The van der Waals surface area contributed by atoms with Gasteiger partial charge in [-0.25, -0.2) is 0 Å². The number of nitrogens with two attached hydrogens (primary N) is 1. The van der Waals surface area contributed by atoms with Crippen molar-refractivity contribution in [3.05, 3.63) is 32.7 Å². The van der Waals surface area contributed by atoms with E-state index in [2.05, 4.69) is 62.2 Å². The average Bonchev–Trinajstić information content (AvgIpc) is 2.38. The molecule has 0 saturated carbocycles. The van der Waals surface area contributed by atoms with Crippen LogP contribution in [-0.4, -0.2) is 12.6 Å². The molecule has 4 heteroatoms. The second-order valence-corrected chi connectivity index (χ2v) is 5.85. The number of nitrogens with one attached hydrogen (secondary N) is 1. The lowest BCUT2D eigenvalue weighted by Crippen LogP contribution is -2.35. The van der Waals surface area contributed by atoms with Crippen LogP contribution in [0.2, 0.25) is 0 Å². The first-order chi connectivity index (χ1) is 8.62. The molecule has 2 unspecified atom stereocenters. The highest BCUT2D eigenvalue weighted by molar-refractivity contribution is 9.13. The Morgan fingerprint density at radius 3 is 2.61 bits per heavy atom. The van der Waals surface area contributed by atoms with Crippen LogP contribution < -0.4 is 11.1 Å². The molecular formula is C14H18Br2N2. The Morgan fingerprint density at radius 2 is 2.11 bits per heavy atom. The second-order valence-electron chi connectivity index (χ2n) is 4.14. The Balaban J connectivity index is 2.82. The van der Waals surface area contributed by atoms with E-state index in [1.165, 1.54) is 0 Å². The molecule has 0 fully saturated rings. The van der Waals surface area contributed by atoms with E-state index in [1.807, 2.05) is 6.07 Å². The molecule has 0 saturated heterocycles. The Bertz CT molecular complexity index is 426. The van der Waals surface area contributed by atoms with Crippen LogP contribution in [0.4, 0.5) is 0 Å². The molecule has 3 N–H and O–H groups in total. The summed E-state index contributed by atoms with van der Waals surface area (Å²) in [5.74, 6) is 2.78. The lowest BCUT2D eigenvalue weighted by Gasteiger charge is -2.22. The molecular weight excluding hydrogens is 356 g/mol. The van der Waals surface area contributed by atoms with Gasteiger partial charge in [-0.3, -0.25) is 5.32 Å². The molecule has 1 aromatic rings. The smallest absolute Gasteiger partial charge is 0.0692 e. The number of benzene rings is 1. The lowest BCUT2D eigenvalue weighted by molar-refractivity contribution is 0.475. The zero-order valence-electron chi connectivity index (χ0n) is 10.4. The fraction of sp³-hybridized carbons (Fsp3) is 0.429. The average molecular weight is 374 g/mol. The molecule has 0 heterocycles. The molecule has 1 aromatic carbocycles. The molecule has 0 aliphatic heterocycles. The van der Waals surface area contributed by atoms with E-state index in [1.54, 1.807) is 0 Å². The molecule has 0 amide bonds. The van der Waals surface area contributed by atoms with Crippen molar-refractivity contribution >= 4 is 31.9 Å². The summed E-state index contributed by atoms with van der Waals surface area (Å²) in [5.41, 5.74) is 6.98. The van der Waals surface area contributed by atoms with Crippen LogP contribution in [0, 0.1) is 12.3 Å². The van der Waals surface area contributed by atoms with Gasteiger partial charge in [-0.05, 0) is 56.0 Å². The van der Waals surface area contributed by atoms with Crippen LogP contribution in [0.3, 0.4) is 0 Å². The SMILES string of the molecule is C#CC(CCC)NC(CN)c1ccc(Br)c(Br)c1. The number of rotatable bonds is 6. The summed E-state index contributed by atoms with van der Waals surface area (Å²) in [4.78, 5) is 0. The van der Waals surface area contributed by atoms with Gasteiger partial charge in [0.15, 0.2) is 0 Å². The van der Waals surface area contributed by atoms with Crippen LogP contribution in [0.25, 0.3) is 0 Å². The first-order valence-electron chi connectivity index (χ1n) is 5.99. The van der Waals surface area contributed by atoms with E-state index in [0.717, 1.165) is 27.4 Å². The minimum atomic E-state index is 0.0750. The van der Waals surface area contributed by atoms with Gasteiger partial charge in [0.2, 0.25) is 0 Å². The highest BCUT2D eigenvalue weighted by Gasteiger charge is 2.14. The molecule has 0 spiro atoms. The zero-order valence-corrected chi connectivity index (χ0v) is 13.6. The van der Waals surface area contributed by atoms with E-state index >= 15 is 0 Å². The minimum Gasteiger partial charge on any atom is -0.329 e. The van der Waals surface area contributed by atoms with Gasteiger partial charge in [-0.2, -0.15) is 0 Å². The highest BCUT2D eigenvalue weighted by atomic mass is 79.9. The maximum atomic E-state index is 5.83. The molecule has 0 bridgehead atoms. The van der Waals surface area contributed by atoms with Gasteiger partial charge in [0, 0.05) is 21.5 Å². The van der Waals surface area contributed by atoms with Crippen molar-refractivity contribution in [2.75, 3.05) is 6.54 Å². The number of halogens is 2. The van der Waals surface area contributed by atoms with E-state index in [0.29, 0.717) is 6.54 Å². The molecule has 1 rings (SSSR count). The van der Waals surface area contributed by atoms with Crippen LogP contribution in [0.15, 0.2) is 27.1 Å². The third-order valence-corrected chi connectivity index (χ3v) is 4.64. The Morgan fingerprint density at radius 1 is 1.39 bits per heavy atom. The fourth-order valence-corrected chi connectivity index (χ4v) is 2.42. The van der Waals surface area contributed by atoms with E-state index in [-0.39, 0.29) is 12.1 Å². The van der Waals surface area contributed by atoms with Crippen molar-refractivity contribution in [2.24, 2.45) is 5.73 Å². The lowest BCUT2D eigenvalue weighted by atomic mass is 10.0. The monoisotopic (exact) mass is 372 g/mol. The Labute approximate surface area is 126 Å².